The van der Waals surface area contributed by atoms with E-state index in [0.717, 1.165) is 19.4 Å². The lowest BCUT2D eigenvalue weighted by molar-refractivity contribution is 0.522. The predicted molar refractivity (Wildman–Crippen MR) is 84.3 cm³/mol. The van der Waals surface area contributed by atoms with Gasteiger partial charge in [0, 0.05) is 29.0 Å². The summed E-state index contributed by atoms with van der Waals surface area (Å²) in [5, 5.41) is 7.90. The zero-order chi connectivity index (χ0) is 13.9. The molecule has 0 saturated heterocycles. The highest BCUT2D eigenvalue weighted by Crippen LogP contribution is 2.35. The minimum Gasteiger partial charge on any atom is -0.310 e. The Morgan fingerprint density at radius 2 is 2.35 bits per heavy atom. The molecule has 0 radical (unpaired) electrons. The van der Waals surface area contributed by atoms with Gasteiger partial charge in [-0.25, -0.2) is 0 Å². The molecule has 3 nitrogen and oxygen atoms in total. The number of aromatic nitrogens is 2. The van der Waals surface area contributed by atoms with E-state index in [1.54, 1.807) is 10.4 Å². The first-order chi connectivity index (χ1) is 9.76. The van der Waals surface area contributed by atoms with Gasteiger partial charge in [0.2, 0.25) is 0 Å². The quantitative estimate of drug-likeness (QED) is 0.884. The molecule has 2 aromatic rings. The molecule has 0 amide bonds. The maximum absolute atomic E-state index is 4.25. The average Bonchev–Trinajstić information content (AvgIpc) is 3.09. The summed E-state index contributed by atoms with van der Waals surface area (Å²) in [5.41, 5.74) is 2.94. The van der Waals surface area contributed by atoms with Crippen molar-refractivity contribution < 1.29 is 0 Å². The molecule has 3 rings (SSSR count). The fourth-order valence-corrected chi connectivity index (χ4v) is 4.39. The lowest BCUT2D eigenvalue weighted by Crippen LogP contribution is -2.20. The minimum atomic E-state index is 0.496. The zero-order valence-electron chi connectivity index (χ0n) is 12.4. The first kappa shape index (κ1) is 13.8. The summed E-state index contributed by atoms with van der Waals surface area (Å²) >= 11 is 2.03. The molecule has 0 aliphatic heterocycles. The summed E-state index contributed by atoms with van der Waals surface area (Å²) in [6, 6.07) is 2.94. The van der Waals surface area contributed by atoms with E-state index in [9.17, 15) is 0 Å². The maximum Gasteiger partial charge on any atom is 0.0521 e. The highest BCUT2D eigenvalue weighted by Gasteiger charge is 2.19. The predicted octanol–water partition coefficient (Wildman–Crippen LogP) is 3.25. The number of nitrogens with one attached hydrogen (secondary N) is 1. The normalized spacial score (nSPS) is 15.5. The van der Waals surface area contributed by atoms with Gasteiger partial charge in [0.05, 0.1) is 6.20 Å². The van der Waals surface area contributed by atoms with Crippen molar-refractivity contribution in [3.63, 3.8) is 0 Å². The van der Waals surface area contributed by atoms with Crippen LogP contribution in [0.5, 0.6) is 0 Å². The maximum atomic E-state index is 4.25. The van der Waals surface area contributed by atoms with Crippen LogP contribution in [0.15, 0.2) is 18.5 Å². The second kappa shape index (κ2) is 6.10. The molecule has 0 aromatic carbocycles. The monoisotopic (exact) mass is 289 g/mol. The average molecular weight is 289 g/mol. The Morgan fingerprint density at radius 3 is 3.05 bits per heavy atom. The van der Waals surface area contributed by atoms with E-state index in [2.05, 4.69) is 29.6 Å². The first-order valence-electron chi connectivity index (χ1n) is 7.58. The smallest absolute Gasteiger partial charge is 0.0521 e. The lowest BCUT2D eigenvalue weighted by atomic mass is 10.1. The van der Waals surface area contributed by atoms with Crippen LogP contribution in [0, 0.1) is 0 Å². The van der Waals surface area contributed by atoms with E-state index in [1.807, 2.05) is 29.3 Å². The minimum absolute atomic E-state index is 0.496. The fraction of sp³-hybridized carbons (Fsp3) is 0.562. The highest BCUT2D eigenvalue weighted by molar-refractivity contribution is 7.12. The van der Waals surface area contributed by atoms with Crippen LogP contribution in [0.4, 0.5) is 0 Å². The molecule has 2 heterocycles. The lowest BCUT2D eigenvalue weighted by Gasteiger charge is -2.16. The van der Waals surface area contributed by atoms with Gasteiger partial charge >= 0.3 is 0 Å². The van der Waals surface area contributed by atoms with Crippen LogP contribution in [0.25, 0.3) is 0 Å². The molecule has 4 heteroatoms. The Bertz CT molecular complexity index is 549. The Balaban J connectivity index is 1.68. The molecular formula is C16H23N3S. The van der Waals surface area contributed by atoms with Gasteiger partial charge in [-0.1, -0.05) is 6.92 Å². The third kappa shape index (κ3) is 2.96. The van der Waals surface area contributed by atoms with Gasteiger partial charge in [-0.2, -0.15) is 5.10 Å². The third-order valence-corrected chi connectivity index (χ3v) is 5.39. The first-order valence-corrected chi connectivity index (χ1v) is 8.40. The fourth-order valence-electron chi connectivity index (χ4n) is 3.03. The number of hydrogen-bond donors (Lipinski definition) is 1. The molecule has 1 unspecified atom stereocenters. The van der Waals surface area contributed by atoms with Crippen LogP contribution in [0.1, 0.15) is 46.7 Å². The van der Waals surface area contributed by atoms with E-state index in [0.29, 0.717) is 6.04 Å². The Labute approximate surface area is 125 Å². The largest absolute Gasteiger partial charge is 0.310 e. The molecule has 20 heavy (non-hydrogen) atoms. The molecule has 1 aliphatic rings. The second-order valence-corrected chi connectivity index (χ2v) is 6.79. The van der Waals surface area contributed by atoms with Crippen molar-refractivity contribution in [2.75, 3.05) is 6.54 Å². The van der Waals surface area contributed by atoms with E-state index in [1.165, 1.54) is 29.7 Å². The van der Waals surface area contributed by atoms with Crippen LogP contribution < -0.4 is 5.32 Å². The standard InChI is InChI=1S/C16H23N3S/c1-3-17-14(8-7-12-10-18-19(2)11-12)16-9-13-5-4-6-15(13)20-16/h9-11,14,17H,3-8H2,1-2H3. The molecule has 0 fully saturated rings. The molecule has 0 spiro atoms. The molecule has 1 aliphatic carbocycles. The van der Waals surface area contributed by atoms with E-state index in [4.69, 9.17) is 0 Å². The topological polar surface area (TPSA) is 29.9 Å². The van der Waals surface area contributed by atoms with Gasteiger partial charge in [0.15, 0.2) is 0 Å². The molecule has 0 bridgehead atoms. The van der Waals surface area contributed by atoms with Crippen molar-refractivity contribution in [2.45, 2.75) is 45.1 Å². The van der Waals surface area contributed by atoms with Gasteiger partial charge in [0.25, 0.3) is 0 Å². The Hall–Kier alpha value is -1.13. The summed E-state index contributed by atoms with van der Waals surface area (Å²) in [7, 11) is 1.98. The van der Waals surface area contributed by atoms with Crippen molar-refractivity contribution >= 4 is 11.3 Å². The van der Waals surface area contributed by atoms with Crippen LogP contribution in [0.3, 0.4) is 0 Å². The summed E-state index contributed by atoms with van der Waals surface area (Å²) in [6.45, 7) is 3.22. The Morgan fingerprint density at radius 1 is 1.45 bits per heavy atom. The zero-order valence-corrected chi connectivity index (χ0v) is 13.2. The summed E-state index contributed by atoms with van der Waals surface area (Å²) in [4.78, 5) is 3.16. The van der Waals surface area contributed by atoms with Crippen LogP contribution in [-0.4, -0.2) is 16.3 Å². The molecule has 1 N–H and O–H groups in total. The van der Waals surface area contributed by atoms with Crippen LogP contribution in [-0.2, 0) is 26.3 Å². The molecule has 108 valence electrons. The van der Waals surface area contributed by atoms with Crippen LogP contribution >= 0.6 is 11.3 Å². The van der Waals surface area contributed by atoms with E-state index >= 15 is 0 Å². The molecular weight excluding hydrogens is 266 g/mol. The summed E-state index contributed by atoms with van der Waals surface area (Å²) < 4.78 is 1.89. The SMILES string of the molecule is CCNC(CCc1cnn(C)c1)c1cc2c(s1)CCC2. The van der Waals surface area contributed by atoms with Crippen molar-refractivity contribution in [3.05, 3.63) is 39.3 Å². The number of nitrogens with zero attached hydrogens (tertiary/aromatic N) is 2. The van der Waals surface area contributed by atoms with Crippen molar-refractivity contribution in [1.29, 1.82) is 0 Å². The van der Waals surface area contributed by atoms with Crippen molar-refractivity contribution in [2.24, 2.45) is 7.05 Å². The summed E-state index contributed by atoms with van der Waals surface area (Å²) in [5.74, 6) is 0. The number of rotatable bonds is 6. The number of fused-ring (bicyclic) bond motifs is 1. The number of hydrogen-bond acceptors (Lipinski definition) is 3. The number of aryl methyl sites for hydroxylation is 4. The summed E-state index contributed by atoms with van der Waals surface area (Å²) in [6.07, 6.45) is 10.3. The Kier molecular flexibility index (Phi) is 4.22. The van der Waals surface area contributed by atoms with Crippen molar-refractivity contribution in [1.82, 2.24) is 15.1 Å². The second-order valence-electron chi connectivity index (χ2n) is 5.62. The molecule has 0 saturated carbocycles. The van der Waals surface area contributed by atoms with Crippen molar-refractivity contribution in [3.8, 4) is 0 Å². The van der Waals surface area contributed by atoms with Gasteiger partial charge < -0.3 is 5.32 Å². The van der Waals surface area contributed by atoms with Gasteiger partial charge in [0.1, 0.15) is 0 Å². The van der Waals surface area contributed by atoms with Gasteiger partial charge in [-0.15, -0.1) is 11.3 Å². The highest BCUT2D eigenvalue weighted by atomic mass is 32.1. The number of thiophene rings is 1. The molecule has 2 aromatic heterocycles. The third-order valence-electron chi connectivity index (χ3n) is 4.04. The van der Waals surface area contributed by atoms with Gasteiger partial charge in [-0.05, 0) is 55.8 Å². The van der Waals surface area contributed by atoms with Gasteiger partial charge in [-0.3, -0.25) is 4.68 Å². The van der Waals surface area contributed by atoms with Crippen LogP contribution in [0.2, 0.25) is 0 Å². The van der Waals surface area contributed by atoms with E-state index in [-0.39, 0.29) is 0 Å². The molecule has 1 atom stereocenters. The van der Waals surface area contributed by atoms with E-state index < -0.39 is 0 Å².